The number of carbonyl (C=O) groups excluding carboxylic acids is 1. The number of Topliss-reactive ketones (excluding diaryl/α,β-unsaturated/α-hetero) is 1. The molecule has 0 fully saturated rings. The van der Waals surface area contributed by atoms with Crippen molar-refractivity contribution in [2.75, 3.05) is 11.7 Å². The highest BCUT2D eigenvalue weighted by Gasteiger charge is 2.12. The van der Waals surface area contributed by atoms with Crippen LogP contribution in [0.15, 0.2) is 34.3 Å². The van der Waals surface area contributed by atoms with E-state index in [0.717, 1.165) is 6.26 Å². The molecule has 0 unspecified atom stereocenters. The summed E-state index contributed by atoms with van der Waals surface area (Å²) in [6.45, 7) is 1.26. The fraction of sp³-hybridized carbons (Fsp3) is 0.200. The summed E-state index contributed by atoms with van der Waals surface area (Å²) in [5, 5.41) is 3.34. The Balaban J connectivity index is 3.09. The second kappa shape index (κ2) is 5.29. The van der Waals surface area contributed by atoms with Gasteiger partial charge in [-0.3, -0.25) is 10.2 Å². The average molecular weight is 275 g/mol. The van der Waals surface area contributed by atoms with E-state index >= 15 is 0 Å². The lowest BCUT2D eigenvalue weighted by atomic mass is 10.3. The van der Waals surface area contributed by atoms with Crippen LogP contribution in [0.5, 0.6) is 0 Å². The maximum atomic E-state index is 11.4. The number of anilines is 1. The van der Waals surface area contributed by atoms with Crippen LogP contribution < -0.4 is 5.43 Å². The quantitative estimate of drug-likeness (QED) is 0.669. The predicted octanol–water partition coefficient (Wildman–Crippen LogP) is 1.64. The zero-order valence-corrected chi connectivity index (χ0v) is 10.8. The molecular weight excluding hydrogens is 264 g/mol. The number of halogens is 1. The van der Waals surface area contributed by atoms with Gasteiger partial charge in [0.2, 0.25) is 0 Å². The third-order valence-electron chi connectivity index (χ3n) is 1.85. The lowest BCUT2D eigenvalue weighted by Gasteiger charge is -2.06. The van der Waals surface area contributed by atoms with Crippen LogP contribution in [0.1, 0.15) is 6.92 Å². The van der Waals surface area contributed by atoms with Gasteiger partial charge in [-0.1, -0.05) is 23.7 Å². The predicted molar refractivity (Wildman–Crippen MR) is 67.1 cm³/mol. The van der Waals surface area contributed by atoms with Gasteiger partial charge < -0.3 is 0 Å². The number of hydrogen-bond donors (Lipinski definition) is 1. The van der Waals surface area contributed by atoms with Gasteiger partial charge in [-0.2, -0.15) is 5.10 Å². The first-order valence-corrected chi connectivity index (χ1v) is 6.88. The number of para-hydroxylation sites is 1. The van der Waals surface area contributed by atoms with Crippen molar-refractivity contribution in [1.29, 1.82) is 0 Å². The zero-order chi connectivity index (χ0) is 13.1. The molecular formula is C10H11ClN2O3S. The molecule has 7 heteroatoms. The van der Waals surface area contributed by atoms with Gasteiger partial charge in [0, 0.05) is 13.2 Å². The first kappa shape index (κ1) is 13.7. The molecule has 92 valence electrons. The average Bonchev–Trinajstić information content (AvgIpc) is 2.24. The van der Waals surface area contributed by atoms with Crippen molar-refractivity contribution < 1.29 is 13.2 Å². The molecule has 0 aliphatic heterocycles. The van der Waals surface area contributed by atoms with E-state index in [1.807, 2.05) is 0 Å². The van der Waals surface area contributed by atoms with Gasteiger partial charge >= 0.3 is 0 Å². The van der Waals surface area contributed by atoms with Crippen molar-refractivity contribution in [2.24, 2.45) is 5.10 Å². The van der Waals surface area contributed by atoms with Crippen LogP contribution in [-0.2, 0) is 14.6 Å². The van der Waals surface area contributed by atoms with Crippen LogP contribution in [0.25, 0.3) is 0 Å². The number of nitrogens with zero attached hydrogens (tertiary/aromatic N) is 1. The topological polar surface area (TPSA) is 75.6 Å². The van der Waals surface area contributed by atoms with Crippen molar-refractivity contribution in [2.45, 2.75) is 11.8 Å². The van der Waals surface area contributed by atoms with E-state index in [2.05, 4.69) is 10.5 Å². The Labute approximate surface area is 104 Å². The monoisotopic (exact) mass is 274 g/mol. The van der Waals surface area contributed by atoms with E-state index < -0.39 is 15.6 Å². The van der Waals surface area contributed by atoms with Crippen molar-refractivity contribution in [3.63, 3.8) is 0 Å². The van der Waals surface area contributed by atoms with E-state index in [1.54, 1.807) is 12.1 Å². The number of carbonyl (C=O) groups is 1. The molecule has 1 aromatic rings. The summed E-state index contributed by atoms with van der Waals surface area (Å²) in [6, 6.07) is 6.21. The molecule has 0 saturated carbocycles. The molecule has 0 bridgehead atoms. The van der Waals surface area contributed by atoms with Gasteiger partial charge in [0.15, 0.2) is 20.8 Å². The van der Waals surface area contributed by atoms with Crippen LogP contribution in [0.3, 0.4) is 0 Å². The summed E-state index contributed by atoms with van der Waals surface area (Å²) in [6.07, 6.45) is 1.09. The van der Waals surface area contributed by atoms with Crippen LogP contribution in [0.4, 0.5) is 5.69 Å². The molecule has 1 N–H and O–H groups in total. The standard InChI is InChI=1S/C10H11ClN2O3S/c1-7(14)10(11)13-12-8-5-3-4-6-9(8)17(2,15)16/h3-6,12H,1-2H3. The molecule has 0 aromatic heterocycles. The highest BCUT2D eigenvalue weighted by atomic mass is 35.5. The van der Waals surface area contributed by atoms with E-state index in [4.69, 9.17) is 11.6 Å². The first-order valence-electron chi connectivity index (χ1n) is 4.61. The highest BCUT2D eigenvalue weighted by Crippen LogP contribution is 2.20. The Kier molecular flexibility index (Phi) is 4.25. The number of sulfone groups is 1. The lowest BCUT2D eigenvalue weighted by molar-refractivity contribution is -0.110. The summed E-state index contributed by atoms with van der Waals surface area (Å²) >= 11 is 5.52. The molecule has 1 aromatic carbocycles. The van der Waals surface area contributed by atoms with Crippen LogP contribution in [-0.4, -0.2) is 25.6 Å². The van der Waals surface area contributed by atoms with Gasteiger partial charge in [-0.15, -0.1) is 0 Å². The fourth-order valence-corrected chi connectivity index (χ4v) is 1.95. The molecule has 0 radical (unpaired) electrons. The van der Waals surface area contributed by atoms with Crippen molar-refractivity contribution in [3.8, 4) is 0 Å². The van der Waals surface area contributed by atoms with E-state index in [0.29, 0.717) is 0 Å². The number of ketones is 1. The summed E-state index contributed by atoms with van der Waals surface area (Å²) < 4.78 is 22.9. The minimum absolute atomic E-state index is 0.0942. The maximum absolute atomic E-state index is 11.4. The maximum Gasteiger partial charge on any atom is 0.191 e. The molecule has 0 aliphatic rings. The number of hydrazone groups is 1. The van der Waals surface area contributed by atoms with Crippen LogP contribution in [0.2, 0.25) is 0 Å². The molecule has 1 rings (SSSR count). The van der Waals surface area contributed by atoms with E-state index in [-0.39, 0.29) is 15.8 Å². The van der Waals surface area contributed by atoms with Gasteiger partial charge in [0.25, 0.3) is 0 Å². The molecule has 0 aliphatic carbocycles. The minimum Gasteiger partial charge on any atom is -0.292 e. The largest absolute Gasteiger partial charge is 0.292 e. The molecule has 0 spiro atoms. The number of hydrogen-bond acceptors (Lipinski definition) is 5. The summed E-state index contributed by atoms with van der Waals surface area (Å²) in [5.74, 6) is -0.406. The highest BCUT2D eigenvalue weighted by molar-refractivity contribution is 7.90. The van der Waals surface area contributed by atoms with Crippen LogP contribution >= 0.6 is 11.6 Å². The third kappa shape index (κ3) is 3.83. The second-order valence-electron chi connectivity index (χ2n) is 3.34. The smallest absolute Gasteiger partial charge is 0.191 e. The van der Waals surface area contributed by atoms with E-state index in [1.165, 1.54) is 19.1 Å². The Morgan fingerprint density at radius 3 is 2.47 bits per heavy atom. The fourth-order valence-electron chi connectivity index (χ4n) is 1.07. The van der Waals surface area contributed by atoms with Gasteiger partial charge in [0.1, 0.15) is 0 Å². The van der Waals surface area contributed by atoms with Gasteiger partial charge in [0.05, 0.1) is 10.6 Å². The number of benzene rings is 1. The number of nitrogens with one attached hydrogen (secondary N) is 1. The Bertz CT molecular complexity index is 567. The van der Waals surface area contributed by atoms with Gasteiger partial charge in [-0.25, -0.2) is 8.42 Å². The van der Waals surface area contributed by atoms with Crippen molar-refractivity contribution in [1.82, 2.24) is 0 Å². The minimum atomic E-state index is -3.36. The van der Waals surface area contributed by atoms with Gasteiger partial charge in [-0.05, 0) is 12.1 Å². The lowest BCUT2D eigenvalue weighted by Crippen LogP contribution is -2.07. The Hall–Kier alpha value is -1.40. The molecule has 0 saturated heterocycles. The third-order valence-corrected chi connectivity index (χ3v) is 3.36. The zero-order valence-electron chi connectivity index (χ0n) is 9.27. The number of rotatable bonds is 4. The molecule has 5 nitrogen and oxygen atoms in total. The van der Waals surface area contributed by atoms with Crippen LogP contribution in [0, 0.1) is 0 Å². The molecule has 17 heavy (non-hydrogen) atoms. The molecule has 0 amide bonds. The van der Waals surface area contributed by atoms with Crippen molar-refractivity contribution in [3.05, 3.63) is 24.3 Å². The summed E-state index contributed by atoms with van der Waals surface area (Å²) in [5.41, 5.74) is 2.73. The van der Waals surface area contributed by atoms with E-state index in [9.17, 15) is 13.2 Å². The summed E-state index contributed by atoms with van der Waals surface area (Å²) in [7, 11) is -3.36. The normalized spacial score (nSPS) is 12.3. The van der Waals surface area contributed by atoms with Crippen molar-refractivity contribution >= 4 is 38.1 Å². The summed E-state index contributed by atoms with van der Waals surface area (Å²) in [4.78, 5) is 10.9. The molecule has 0 heterocycles. The first-order chi connectivity index (χ1) is 7.82. The molecule has 0 atom stereocenters. The second-order valence-corrected chi connectivity index (χ2v) is 5.68. The Morgan fingerprint density at radius 1 is 1.35 bits per heavy atom. The SMILES string of the molecule is CC(=O)C(Cl)=NNc1ccccc1S(C)(=O)=O. The Morgan fingerprint density at radius 2 is 1.94 bits per heavy atom.